The molecule has 0 aliphatic rings. The van der Waals surface area contributed by atoms with Gasteiger partial charge in [0.1, 0.15) is 6.54 Å². The molecule has 0 bridgehead atoms. The van der Waals surface area contributed by atoms with Gasteiger partial charge in [-0.05, 0) is 0 Å². The highest BCUT2D eigenvalue weighted by atomic mass is 32.2. The maximum Gasteiger partial charge on any atom is 0.299 e. The lowest BCUT2D eigenvalue weighted by atomic mass is 10.5. The molecule has 0 unspecified atom stereocenters. The summed E-state index contributed by atoms with van der Waals surface area (Å²) in [6, 6.07) is 0. The van der Waals surface area contributed by atoms with E-state index in [0.717, 1.165) is 11.0 Å². The van der Waals surface area contributed by atoms with Crippen molar-refractivity contribution < 1.29 is 22.9 Å². The van der Waals surface area contributed by atoms with E-state index in [0.29, 0.717) is 0 Å². The second-order valence-electron chi connectivity index (χ2n) is 2.97. The fourth-order valence-corrected chi connectivity index (χ4v) is 0.300. The molecular formula is C5H16NO4S+. The number of nitrogens with zero attached hydrogens (tertiary/aromatic N) is 1. The van der Waals surface area contributed by atoms with Crippen LogP contribution in [0.4, 0.5) is 0 Å². The predicted octanol–water partition coefficient (Wildman–Crippen LogP) is -0.634. The maximum atomic E-state index is 8.67. The molecule has 0 amide bonds. The van der Waals surface area contributed by atoms with Gasteiger partial charge in [-0.2, -0.15) is 4.21 Å². The normalized spacial score (nSPS) is 10.8. The van der Waals surface area contributed by atoms with Gasteiger partial charge < -0.3 is 9.59 Å². The zero-order valence-corrected chi connectivity index (χ0v) is 7.84. The third kappa shape index (κ3) is 40.1. The van der Waals surface area contributed by atoms with Gasteiger partial charge in [0.25, 0.3) is 11.4 Å². The van der Waals surface area contributed by atoms with E-state index in [4.69, 9.17) is 18.4 Å². The van der Waals surface area contributed by atoms with E-state index in [1.54, 1.807) is 0 Å². The van der Waals surface area contributed by atoms with Crippen LogP contribution in [-0.4, -0.2) is 57.2 Å². The Morgan fingerprint density at radius 1 is 1.27 bits per heavy atom. The van der Waals surface area contributed by atoms with E-state index >= 15 is 0 Å². The minimum absolute atomic E-state index is 0.281. The smallest absolute Gasteiger partial charge is 0.299 e. The van der Waals surface area contributed by atoms with Crippen LogP contribution < -0.4 is 0 Å². The fraction of sp³-hybridized carbons (Fsp3) is 1.00. The summed E-state index contributed by atoms with van der Waals surface area (Å²) < 4.78 is 23.7. The number of hydrogen-bond donors (Lipinski definition) is 3. The average molecular weight is 186 g/mol. The molecule has 0 atom stereocenters. The van der Waals surface area contributed by atoms with Crippen molar-refractivity contribution in [2.24, 2.45) is 0 Å². The van der Waals surface area contributed by atoms with Crippen LogP contribution >= 0.6 is 0 Å². The number of aliphatic hydroxyl groups is 1. The standard InChI is InChI=1S/C5H14NO.H2O3S/c1-6(2,3)4-5-7;1-4(2)3/h7H,4-5H2,1-3H3;(H2,1,2,3)/q+1;. The Morgan fingerprint density at radius 3 is 1.55 bits per heavy atom. The first-order valence-electron chi connectivity index (χ1n) is 3.01. The summed E-state index contributed by atoms with van der Waals surface area (Å²) in [4.78, 5) is 0. The lowest BCUT2D eigenvalue weighted by Crippen LogP contribution is -2.36. The first-order chi connectivity index (χ1) is 4.79. The number of hydrogen-bond acceptors (Lipinski definition) is 2. The minimum Gasteiger partial charge on any atom is -0.391 e. The van der Waals surface area contributed by atoms with Crippen molar-refractivity contribution >= 4 is 11.4 Å². The molecule has 0 rings (SSSR count). The highest BCUT2D eigenvalue weighted by Crippen LogP contribution is 1.84. The van der Waals surface area contributed by atoms with Gasteiger partial charge in [0.15, 0.2) is 0 Å². The van der Waals surface area contributed by atoms with Crippen molar-refractivity contribution in [3.05, 3.63) is 0 Å². The highest BCUT2D eigenvalue weighted by Gasteiger charge is 2.02. The Bertz CT molecular complexity index is 108. The van der Waals surface area contributed by atoms with E-state index in [-0.39, 0.29) is 6.61 Å². The Kier molecular flexibility index (Phi) is 8.25. The molecule has 0 radical (unpaired) electrons. The summed E-state index contributed by atoms with van der Waals surface area (Å²) in [5.74, 6) is 0. The molecule has 5 nitrogen and oxygen atoms in total. The fourth-order valence-electron chi connectivity index (χ4n) is 0.300. The molecule has 3 N–H and O–H groups in total. The van der Waals surface area contributed by atoms with Gasteiger partial charge in [-0.25, -0.2) is 0 Å². The molecule has 0 saturated heterocycles. The molecule has 0 fully saturated rings. The summed E-state index contributed by atoms with van der Waals surface area (Å²) in [5, 5.41) is 8.39. The number of quaternary nitrogens is 1. The van der Waals surface area contributed by atoms with Crippen molar-refractivity contribution in [1.82, 2.24) is 0 Å². The number of aliphatic hydroxyl groups excluding tert-OH is 1. The van der Waals surface area contributed by atoms with Gasteiger partial charge in [-0.3, -0.25) is 9.11 Å². The Hall–Kier alpha value is -0.0100. The van der Waals surface area contributed by atoms with Crippen molar-refractivity contribution in [3.8, 4) is 0 Å². The molecular weight excluding hydrogens is 170 g/mol. The molecule has 70 valence electrons. The van der Waals surface area contributed by atoms with Crippen LogP contribution in [0.1, 0.15) is 0 Å². The summed E-state index contributed by atoms with van der Waals surface area (Å²) in [5.41, 5.74) is 0. The maximum absolute atomic E-state index is 8.67. The van der Waals surface area contributed by atoms with Crippen LogP contribution in [0.3, 0.4) is 0 Å². The highest BCUT2D eigenvalue weighted by molar-refractivity contribution is 7.73. The first-order valence-corrected chi connectivity index (χ1v) is 4.07. The summed E-state index contributed by atoms with van der Waals surface area (Å²) in [6.45, 7) is 1.11. The number of likely N-dealkylation sites (N-methyl/N-ethyl adjacent to an activating group) is 1. The lowest BCUT2D eigenvalue weighted by Gasteiger charge is -2.21. The molecule has 6 heteroatoms. The second-order valence-corrected chi connectivity index (χ2v) is 3.43. The molecule has 0 aliphatic heterocycles. The van der Waals surface area contributed by atoms with Gasteiger partial charge >= 0.3 is 0 Å². The van der Waals surface area contributed by atoms with Gasteiger partial charge in [0.2, 0.25) is 0 Å². The zero-order chi connectivity index (χ0) is 9.49. The average Bonchev–Trinajstić information content (AvgIpc) is 1.58. The van der Waals surface area contributed by atoms with Gasteiger partial charge in [0, 0.05) is 0 Å². The second kappa shape index (κ2) is 6.68. The topological polar surface area (TPSA) is 77.8 Å². The van der Waals surface area contributed by atoms with Crippen molar-refractivity contribution in [1.29, 1.82) is 0 Å². The third-order valence-electron chi connectivity index (χ3n) is 0.771. The third-order valence-corrected chi connectivity index (χ3v) is 0.771. The lowest BCUT2D eigenvalue weighted by molar-refractivity contribution is -0.870. The van der Waals surface area contributed by atoms with Crippen LogP contribution in [0.25, 0.3) is 0 Å². The number of rotatable bonds is 2. The molecule has 0 spiro atoms. The molecule has 0 heterocycles. The van der Waals surface area contributed by atoms with E-state index in [1.165, 1.54) is 0 Å². The zero-order valence-electron chi connectivity index (χ0n) is 7.02. The van der Waals surface area contributed by atoms with Crippen LogP contribution in [0.2, 0.25) is 0 Å². The van der Waals surface area contributed by atoms with Crippen LogP contribution in [-0.2, 0) is 11.4 Å². The van der Waals surface area contributed by atoms with E-state index in [2.05, 4.69) is 21.1 Å². The van der Waals surface area contributed by atoms with E-state index in [9.17, 15) is 0 Å². The molecule has 0 aromatic carbocycles. The molecule has 0 aromatic rings. The van der Waals surface area contributed by atoms with Gasteiger partial charge in [-0.15, -0.1) is 0 Å². The molecule has 0 aromatic heterocycles. The van der Waals surface area contributed by atoms with Gasteiger partial charge in [0.05, 0.1) is 27.7 Å². The quantitative estimate of drug-likeness (QED) is 0.396. The Morgan fingerprint density at radius 2 is 1.55 bits per heavy atom. The molecule has 11 heavy (non-hydrogen) atoms. The molecule has 0 aliphatic carbocycles. The van der Waals surface area contributed by atoms with E-state index in [1.807, 2.05) is 0 Å². The van der Waals surface area contributed by atoms with Crippen LogP contribution in [0.5, 0.6) is 0 Å². The largest absolute Gasteiger partial charge is 0.391 e. The SMILES string of the molecule is C[N+](C)(C)CCO.O=S(O)O. The van der Waals surface area contributed by atoms with Crippen molar-refractivity contribution in [3.63, 3.8) is 0 Å². The van der Waals surface area contributed by atoms with Crippen LogP contribution in [0.15, 0.2) is 0 Å². The first kappa shape index (κ1) is 13.6. The van der Waals surface area contributed by atoms with Crippen molar-refractivity contribution in [2.45, 2.75) is 0 Å². The van der Waals surface area contributed by atoms with E-state index < -0.39 is 11.4 Å². The summed E-state index contributed by atoms with van der Waals surface area (Å²) in [7, 11) is 6.16. The minimum atomic E-state index is -2.61. The van der Waals surface area contributed by atoms with Crippen molar-refractivity contribution in [2.75, 3.05) is 34.3 Å². The van der Waals surface area contributed by atoms with Crippen LogP contribution in [0, 0.1) is 0 Å². The Balaban J connectivity index is 0. The Labute approximate surface area is 69.3 Å². The predicted molar refractivity (Wildman–Crippen MR) is 43.4 cm³/mol. The van der Waals surface area contributed by atoms with Gasteiger partial charge in [-0.1, -0.05) is 0 Å². The molecule has 0 saturated carbocycles. The summed E-state index contributed by atoms with van der Waals surface area (Å²) >= 11 is -2.61. The monoisotopic (exact) mass is 186 g/mol. The summed E-state index contributed by atoms with van der Waals surface area (Å²) in [6.07, 6.45) is 0.